The summed E-state index contributed by atoms with van der Waals surface area (Å²) in [7, 11) is -2.68. The van der Waals surface area contributed by atoms with Crippen molar-refractivity contribution in [3.05, 3.63) is 30.3 Å². The summed E-state index contributed by atoms with van der Waals surface area (Å²) in [4.78, 5) is 12.2. The molecule has 0 bridgehead atoms. The molecule has 0 spiro atoms. The molecule has 3 saturated heterocycles. The monoisotopic (exact) mass is 420 g/mol. The second-order valence-corrected chi connectivity index (χ2v) is 15.1. The lowest BCUT2D eigenvalue weighted by Gasteiger charge is -2.57. The van der Waals surface area contributed by atoms with Crippen LogP contribution in [0.5, 0.6) is 5.75 Å². The van der Waals surface area contributed by atoms with Crippen molar-refractivity contribution in [3.63, 3.8) is 0 Å². The van der Waals surface area contributed by atoms with Crippen LogP contribution in [-0.4, -0.2) is 45.7 Å². The van der Waals surface area contributed by atoms with E-state index in [4.69, 9.17) is 23.1 Å². The largest absolute Gasteiger partial charge is 0.464 e. The third-order valence-corrected chi connectivity index (χ3v) is 11.3. The van der Waals surface area contributed by atoms with Crippen molar-refractivity contribution in [2.75, 3.05) is 6.61 Å². The number of para-hydroxylation sites is 1. The molecule has 6 nitrogen and oxygen atoms in total. The highest BCUT2D eigenvalue weighted by atomic mass is 28.4. The smallest absolute Gasteiger partial charge is 0.349 e. The number of carbonyl (C=O) groups is 1. The lowest BCUT2D eigenvalue weighted by molar-refractivity contribution is -0.261. The minimum absolute atomic E-state index is 0.147. The highest BCUT2D eigenvalue weighted by Gasteiger charge is 2.66. The minimum atomic E-state index is -2.68. The number of ether oxygens (including phenoxy) is 3. The second kappa shape index (κ2) is 7.08. The average molecular weight is 421 g/mol. The van der Waals surface area contributed by atoms with E-state index in [1.807, 2.05) is 30.3 Å². The Kier molecular flexibility index (Phi) is 5.09. The molecule has 160 valence electrons. The zero-order chi connectivity index (χ0) is 21.0. The summed E-state index contributed by atoms with van der Waals surface area (Å²) in [6.07, 6.45) is -1.34. The second-order valence-electron chi connectivity index (χ2n) is 10.3. The van der Waals surface area contributed by atoms with Gasteiger partial charge in [-0.3, -0.25) is 4.79 Å². The van der Waals surface area contributed by atoms with E-state index in [1.54, 1.807) is 0 Å². The Hall–Kier alpha value is -1.41. The molecule has 5 atom stereocenters. The first-order chi connectivity index (χ1) is 13.5. The maximum atomic E-state index is 12.2. The predicted octanol–water partition coefficient (Wildman–Crippen LogP) is 4.18. The average Bonchev–Trinajstić information content (AvgIpc) is 3.02. The number of rotatable bonds is 2. The molecule has 3 aliphatic heterocycles. The van der Waals surface area contributed by atoms with Gasteiger partial charge in [0.05, 0.1) is 18.9 Å². The van der Waals surface area contributed by atoms with Crippen LogP contribution >= 0.6 is 0 Å². The third kappa shape index (κ3) is 3.52. The van der Waals surface area contributed by atoms with Gasteiger partial charge < -0.3 is 23.1 Å². The SMILES string of the molecule is CC(C)(C)[Si]1(C(C)(C)C)OC[C@H]2O[C@H](Oc3ccccc3)[C@H]3CC(=O)O[C@H]3[C@@H]2O1. The maximum absolute atomic E-state index is 12.2. The molecule has 0 N–H and O–H groups in total. The van der Waals surface area contributed by atoms with Crippen molar-refractivity contribution in [1.82, 2.24) is 0 Å². The molecule has 0 radical (unpaired) electrons. The maximum Gasteiger partial charge on any atom is 0.349 e. The van der Waals surface area contributed by atoms with Crippen molar-refractivity contribution in [3.8, 4) is 5.75 Å². The van der Waals surface area contributed by atoms with Crippen LogP contribution in [0.25, 0.3) is 0 Å². The highest BCUT2D eigenvalue weighted by molar-refractivity contribution is 6.73. The summed E-state index contributed by atoms with van der Waals surface area (Å²) >= 11 is 0. The summed E-state index contributed by atoms with van der Waals surface area (Å²) in [6.45, 7) is 13.5. The number of esters is 1. The van der Waals surface area contributed by atoms with Gasteiger partial charge in [-0.05, 0) is 12.1 Å². The topological polar surface area (TPSA) is 63.2 Å². The lowest BCUT2D eigenvalue weighted by atomic mass is 9.90. The van der Waals surface area contributed by atoms with E-state index in [2.05, 4.69) is 41.5 Å². The van der Waals surface area contributed by atoms with E-state index in [0.717, 1.165) is 0 Å². The number of fused-ring (bicyclic) bond motifs is 3. The molecule has 0 saturated carbocycles. The molecular weight excluding hydrogens is 388 g/mol. The molecule has 7 heteroatoms. The van der Waals surface area contributed by atoms with Gasteiger partial charge in [-0.15, -0.1) is 0 Å². The third-order valence-electron chi connectivity index (χ3n) is 6.16. The van der Waals surface area contributed by atoms with Crippen LogP contribution in [-0.2, 0) is 23.1 Å². The van der Waals surface area contributed by atoms with Gasteiger partial charge in [-0.2, -0.15) is 0 Å². The van der Waals surface area contributed by atoms with E-state index in [1.165, 1.54) is 0 Å². The first kappa shape index (κ1) is 20.8. The molecule has 4 rings (SSSR count). The van der Waals surface area contributed by atoms with Crippen LogP contribution in [0.4, 0.5) is 0 Å². The van der Waals surface area contributed by atoms with Crippen molar-refractivity contribution >= 4 is 14.5 Å². The molecule has 3 heterocycles. The van der Waals surface area contributed by atoms with Crippen molar-refractivity contribution in [1.29, 1.82) is 0 Å². The fourth-order valence-electron chi connectivity index (χ4n) is 5.08. The molecule has 29 heavy (non-hydrogen) atoms. The molecule has 1 aromatic rings. The van der Waals surface area contributed by atoms with Crippen LogP contribution < -0.4 is 4.74 Å². The molecule has 0 amide bonds. The fraction of sp³-hybridized carbons (Fsp3) is 0.682. The van der Waals surface area contributed by atoms with Gasteiger partial charge in [0.15, 0.2) is 0 Å². The number of hydrogen-bond acceptors (Lipinski definition) is 6. The van der Waals surface area contributed by atoms with E-state index >= 15 is 0 Å². The zero-order valence-corrected chi connectivity index (χ0v) is 19.1. The standard InChI is InChI=1S/C22H32O6Si/c1-21(2,3)29(22(4,5)6)24-13-16-19(28-29)18-15(12-17(23)27-18)20(26-16)25-14-10-8-7-9-11-14/h7-11,15-16,18-20H,12-13H2,1-6H3/t15-,16+,18+,19+,20-/m0/s1. The highest BCUT2D eigenvalue weighted by Crippen LogP contribution is 2.56. The fourth-order valence-corrected chi connectivity index (χ4v) is 10.0. The van der Waals surface area contributed by atoms with Crippen molar-refractivity contribution in [2.24, 2.45) is 5.92 Å². The van der Waals surface area contributed by atoms with Crippen molar-refractivity contribution in [2.45, 2.75) is 82.6 Å². The molecule has 0 aromatic heterocycles. The summed E-state index contributed by atoms with van der Waals surface area (Å²) in [5, 5.41) is -0.294. The number of benzene rings is 1. The summed E-state index contributed by atoms with van der Waals surface area (Å²) in [5.41, 5.74) is 0. The Morgan fingerprint density at radius 1 is 1.00 bits per heavy atom. The van der Waals surface area contributed by atoms with Gasteiger partial charge in [0.1, 0.15) is 24.1 Å². The van der Waals surface area contributed by atoms with E-state index in [0.29, 0.717) is 12.4 Å². The van der Waals surface area contributed by atoms with Crippen LogP contribution in [0.15, 0.2) is 30.3 Å². The summed E-state index contributed by atoms with van der Waals surface area (Å²) in [5.74, 6) is 0.285. The molecule has 3 fully saturated rings. The molecule has 0 unspecified atom stereocenters. The van der Waals surface area contributed by atoms with Gasteiger partial charge in [0.2, 0.25) is 6.29 Å². The van der Waals surface area contributed by atoms with Crippen LogP contribution in [0.2, 0.25) is 10.1 Å². The van der Waals surface area contributed by atoms with Gasteiger partial charge in [0.25, 0.3) is 0 Å². The summed E-state index contributed by atoms with van der Waals surface area (Å²) in [6, 6.07) is 9.52. The molecule has 3 aliphatic rings. The van der Waals surface area contributed by atoms with Crippen LogP contribution in [0.1, 0.15) is 48.0 Å². The molecular formula is C22H32O6Si. The molecule has 0 aliphatic carbocycles. The molecule has 1 aromatic carbocycles. The first-order valence-corrected chi connectivity index (χ1v) is 12.2. The summed E-state index contributed by atoms with van der Waals surface area (Å²) < 4.78 is 31.5. The Labute approximate surface area is 174 Å². The Morgan fingerprint density at radius 3 is 2.28 bits per heavy atom. The Morgan fingerprint density at radius 2 is 1.66 bits per heavy atom. The van der Waals surface area contributed by atoms with Gasteiger partial charge in [-0.25, -0.2) is 0 Å². The Balaban J connectivity index is 1.63. The normalized spacial score (nSPS) is 34.1. The van der Waals surface area contributed by atoms with E-state index in [-0.39, 0.29) is 46.7 Å². The van der Waals surface area contributed by atoms with E-state index < -0.39 is 14.9 Å². The van der Waals surface area contributed by atoms with Crippen LogP contribution in [0, 0.1) is 5.92 Å². The number of carbonyl (C=O) groups excluding carboxylic acids is 1. The van der Waals surface area contributed by atoms with Crippen molar-refractivity contribution < 1.29 is 27.9 Å². The van der Waals surface area contributed by atoms with Gasteiger partial charge in [-0.1, -0.05) is 59.7 Å². The van der Waals surface area contributed by atoms with Gasteiger partial charge >= 0.3 is 14.5 Å². The lowest BCUT2D eigenvalue weighted by Crippen LogP contribution is -2.70. The van der Waals surface area contributed by atoms with E-state index in [9.17, 15) is 4.79 Å². The zero-order valence-electron chi connectivity index (χ0n) is 18.1. The van der Waals surface area contributed by atoms with Crippen LogP contribution in [0.3, 0.4) is 0 Å². The predicted molar refractivity (Wildman–Crippen MR) is 110 cm³/mol. The Bertz CT molecular complexity index is 739. The first-order valence-electron chi connectivity index (χ1n) is 10.4. The minimum Gasteiger partial charge on any atom is -0.464 e. The van der Waals surface area contributed by atoms with Gasteiger partial charge in [0, 0.05) is 10.1 Å². The number of hydrogen-bond donors (Lipinski definition) is 0. The quantitative estimate of drug-likeness (QED) is 0.528.